The van der Waals surface area contributed by atoms with Crippen LogP contribution in [0.3, 0.4) is 0 Å². The molecule has 1 amide bonds. The summed E-state index contributed by atoms with van der Waals surface area (Å²) in [5.74, 6) is -1.59. The molecule has 0 aromatic heterocycles. The van der Waals surface area contributed by atoms with Gasteiger partial charge in [0.05, 0.1) is 7.11 Å². The van der Waals surface area contributed by atoms with Gasteiger partial charge < -0.3 is 24.2 Å². The van der Waals surface area contributed by atoms with Crippen LogP contribution in [0, 0.1) is 0 Å². The first-order chi connectivity index (χ1) is 8.11. The topological polar surface area (TPSA) is 94.1 Å². The number of rotatable bonds is 5. The van der Waals surface area contributed by atoms with Gasteiger partial charge in [0.25, 0.3) is 11.9 Å². The molecule has 0 saturated heterocycles. The van der Waals surface area contributed by atoms with Crippen LogP contribution in [0.1, 0.15) is 20.8 Å². The standard InChI is InChI=1S/C10H20NO6P/c1-10(2,3)11-8(12)7(9(13)15-4)18(14,16-5)17-6/h13H,1-6H3,(H,11,12)/b9-7-. The van der Waals surface area contributed by atoms with Gasteiger partial charge in [-0.1, -0.05) is 0 Å². The predicted octanol–water partition coefficient (Wildman–Crippen LogP) is 1.76. The highest BCUT2D eigenvalue weighted by atomic mass is 31.2. The van der Waals surface area contributed by atoms with Gasteiger partial charge in [-0.3, -0.25) is 9.36 Å². The van der Waals surface area contributed by atoms with Crippen LogP contribution >= 0.6 is 7.60 Å². The summed E-state index contributed by atoms with van der Waals surface area (Å²) in [7, 11) is -0.562. The van der Waals surface area contributed by atoms with Crippen LogP contribution in [-0.2, 0) is 23.1 Å². The summed E-state index contributed by atoms with van der Waals surface area (Å²) in [6.07, 6.45) is 0. The number of ether oxygens (including phenoxy) is 1. The van der Waals surface area contributed by atoms with Crippen molar-refractivity contribution in [1.29, 1.82) is 0 Å². The molecule has 8 heteroatoms. The maximum absolute atomic E-state index is 12.2. The molecule has 0 aliphatic heterocycles. The second-order valence-electron chi connectivity index (χ2n) is 4.42. The van der Waals surface area contributed by atoms with E-state index in [0.717, 1.165) is 21.3 Å². The van der Waals surface area contributed by atoms with E-state index in [4.69, 9.17) is 0 Å². The largest absolute Gasteiger partial charge is 0.480 e. The van der Waals surface area contributed by atoms with E-state index in [0.29, 0.717) is 0 Å². The first-order valence-electron chi connectivity index (χ1n) is 5.13. The van der Waals surface area contributed by atoms with Gasteiger partial charge in [0.2, 0.25) is 5.31 Å². The molecule has 0 bridgehead atoms. The zero-order valence-electron chi connectivity index (χ0n) is 11.4. The number of aliphatic hydroxyl groups is 1. The Hall–Kier alpha value is -1.04. The van der Waals surface area contributed by atoms with Gasteiger partial charge in [-0.15, -0.1) is 0 Å². The fourth-order valence-electron chi connectivity index (χ4n) is 1.09. The van der Waals surface area contributed by atoms with E-state index >= 15 is 0 Å². The second kappa shape index (κ2) is 6.22. The van der Waals surface area contributed by atoms with Crippen molar-refractivity contribution >= 4 is 13.5 Å². The van der Waals surface area contributed by atoms with Gasteiger partial charge in [-0.25, -0.2) is 0 Å². The highest BCUT2D eigenvalue weighted by Crippen LogP contribution is 2.55. The number of methoxy groups -OCH3 is 1. The summed E-state index contributed by atoms with van der Waals surface area (Å²) in [5, 5.41) is 11.5. The number of hydrogen-bond acceptors (Lipinski definition) is 6. The fourth-order valence-corrected chi connectivity index (χ4v) is 2.24. The monoisotopic (exact) mass is 281 g/mol. The molecular weight excluding hydrogens is 261 g/mol. The summed E-state index contributed by atoms with van der Waals surface area (Å²) < 4.78 is 26.1. The molecule has 2 N–H and O–H groups in total. The Morgan fingerprint density at radius 3 is 1.89 bits per heavy atom. The normalized spacial score (nSPS) is 13.9. The molecule has 18 heavy (non-hydrogen) atoms. The summed E-state index contributed by atoms with van der Waals surface area (Å²) >= 11 is 0. The highest BCUT2D eigenvalue weighted by Gasteiger charge is 2.39. The summed E-state index contributed by atoms with van der Waals surface area (Å²) in [4.78, 5) is 12.0. The molecule has 0 atom stereocenters. The van der Waals surface area contributed by atoms with Gasteiger partial charge in [0, 0.05) is 19.8 Å². The van der Waals surface area contributed by atoms with Crippen molar-refractivity contribution in [2.75, 3.05) is 21.3 Å². The molecule has 0 saturated carbocycles. The van der Waals surface area contributed by atoms with Gasteiger partial charge in [-0.05, 0) is 20.8 Å². The summed E-state index contributed by atoms with van der Waals surface area (Å²) in [6.45, 7) is 5.20. The third-order valence-electron chi connectivity index (χ3n) is 1.85. The molecule has 0 heterocycles. The second-order valence-corrected chi connectivity index (χ2v) is 6.60. The Kier molecular flexibility index (Phi) is 5.86. The van der Waals surface area contributed by atoms with Crippen LogP contribution in [0.25, 0.3) is 0 Å². The van der Waals surface area contributed by atoms with E-state index in [9.17, 15) is 14.5 Å². The molecule has 0 spiro atoms. The minimum Gasteiger partial charge on any atom is -0.480 e. The molecule has 0 rings (SSSR count). The van der Waals surface area contributed by atoms with Crippen LogP contribution in [-0.4, -0.2) is 37.9 Å². The minimum atomic E-state index is -3.91. The van der Waals surface area contributed by atoms with Crippen molar-refractivity contribution in [3.63, 3.8) is 0 Å². The van der Waals surface area contributed by atoms with E-state index in [-0.39, 0.29) is 0 Å². The SMILES string of the molecule is CO/C(O)=C(/C(=O)NC(C)(C)C)P(=O)(OC)OC. The average Bonchev–Trinajstić information content (AvgIpc) is 2.26. The Labute approximate surface area is 107 Å². The van der Waals surface area contributed by atoms with E-state index in [2.05, 4.69) is 19.1 Å². The number of aliphatic hydroxyl groups excluding tert-OH is 1. The van der Waals surface area contributed by atoms with Gasteiger partial charge >= 0.3 is 7.60 Å². The van der Waals surface area contributed by atoms with Gasteiger partial charge in [0.1, 0.15) is 0 Å². The van der Waals surface area contributed by atoms with Crippen molar-refractivity contribution in [2.24, 2.45) is 0 Å². The third kappa shape index (κ3) is 4.33. The molecule has 0 aliphatic carbocycles. The Balaban J connectivity index is 5.56. The fraction of sp³-hybridized carbons (Fsp3) is 0.700. The first kappa shape index (κ1) is 17.0. The Morgan fingerprint density at radius 1 is 1.17 bits per heavy atom. The lowest BCUT2D eigenvalue weighted by Crippen LogP contribution is -2.41. The molecule has 0 fully saturated rings. The van der Waals surface area contributed by atoms with Crippen LogP contribution in [0.4, 0.5) is 0 Å². The molecular formula is C10H20NO6P. The van der Waals surface area contributed by atoms with E-state index in [1.54, 1.807) is 20.8 Å². The zero-order valence-corrected chi connectivity index (χ0v) is 12.3. The van der Waals surface area contributed by atoms with Crippen molar-refractivity contribution in [2.45, 2.75) is 26.3 Å². The number of carbonyl (C=O) groups excluding carboxylic acids is 1. The Morgan fingerprint density at radius 2 is 1.61 bits per heavy atom. The van der Waals surface area contributed by atoms with Crippen LogP contribution < -0.4 is 5.32 Å². The minimum absolute atomic E-state index is 0.565. The van der Waals surface area contributed by atoms with Crippen molar-refractivity contribution in [3.05, 3.63) is 11.3 Å². The average molecular weight is 281 g/mol. The zero-order chi connectivity index (χ0) is 14.6. The lowest BCUT2D eigenvalue weighted by atomic mass is 10.1. The maximum Gasteiger partial charge on any atom is 0.373 e. The van der Waals surface area contributed by atoms with E-state index in [1.807, 2.05) is 0 Å². The van der Waals surface area contributed by atoms with Crippen molar-refractivity contribution < 1.29 is 28.3 Å². The van der Waals surface area contributed by atoms with Gasteiger partial charge in [-0.2, -0.15) is 0 Å². The van der Waals surface area contributed by atoms with Crippen LogP contribution in [0.15, 0.2) is 11.3 Å². The first-order valence-corrected chi connectivity index (χ1v) is 6.67. The number of nitrogens with one attached hydrogen (secondary N) is 1. The maximum atomic E-state index is 12.2. The molecule has 0 aromatic rings. The molecule has 0 aliphatic rings. The van der Waals surface area contributed by atoms with Crippen molar-refractivity contribution in [3.8, 4) is 0 Å². The number of amides is 1. The number of hydrogen-bond donors (Lipinski definition) is 2. The van der Waals surface area contributed by atoms with Crippen LogP contribution in [0.5, 0.6) is 0 Å². The summed E-state index contributed by atoms with van der Waals surface area (Å²) in [6, 6.07) is 0. The molecule has 0 aromatic carbocycles. The lowest BCUT2D eigenvalue weighted by molar-refractivity contribution is -0.118. The number of carbonyl (C=O) groups is 1. The molecule has 106 valence electrons. The highest BCUT2D eigenvalue weighted by molar-refractivity contribution is 7.60. The molecule has 7 nitrogen and oxygen atoms in total. The van der Waals surface area contributed by atoms with Gasteiger partial charge in [0.15, 0.2) is 0 Å². The summed E-state index contributed by atoms with van der Waals surface area (Å²) in [5.41, 5.74) is -0.581. The van der Waals surface area contributed by atoms with E-state index in [1.165, 1.54) is 0 Å². The van der Waals surface area contributed by atoms with Crippen molar-refractivity contribution in [1.82, 2.24) is 5.32 Å². The predicted molar refractivity (Wildman–Crippen MR) is 66.2 cm³/mol. The quantitative estimate of drug-likeness (QED) is 0.453. The Bertz CT molecular complexity index is 376. The molecule has 0 radical (unpaired) electrons. The van der Waals surface area contributed by atoms with Crippen LogP contribution in [0.2, 0.25) is 0 Å². The third-order valence-corrected chi connectivity index (χ3v) is 3.76. The molecule has 0 unspecified atom stereocenters. The lowest BCUT2D eigenvalue weighted by Gasteiger charge is -2.23. The van der Waals surface area contributed by atoms with E-state index < -0.39 is 30.3 Å². The smallest absolute Gasteiger partial charge is 0.373 e.